The van der Waals surface area contributed by atoms with Crippen LogP contribution >= 0.6 is 11.6 Å². The number of hydrogen-bond acceptors (Lipinski definition) is 7. The van der Waals surface area contributed by atoms with E-state index in [1.807, 2.05) is 12.1 Å². The van der Waals surface area contributed by atoms with E-state index in [1.165, 1.54) is 18.2 Å². The lowest BCUT2D eigenvalue weighted by Crippen LogP contribution is -2.67. The summed E-state index contributed by atoms with van der Waals surface area (Å²) in [5.74, 6) is 0.960. The third-order valence-corrected chi connectivity index (χ3v) is 15.5. The summed E-state index contributed by atoms with van der Waals surface area (Å²) >= 11 is 6.39. The summed E-state index contributed by atoms with van der Waals surface area (Å²) in [6.45, 7) is 5.22. The van der Waals surface area contributed by atoms with E-state index < -0.39 is 39.7 Å². The number of Topliss-reactive ketones (excluding diaryl/α,β-unsaturated/α-hetero) is 1. The Hall–Kier alpha value is -4.22. The summed E-state index contributed by atoms with van der Waals surface area (Å²) in [4.78, 5) is 30.7. The third-order valence-electron chi connectivity index (χ3n) is 15.2. The Morgan fingerprint density at radius 3 is 2.46 bits per heavy atom. The van der Waals surface area contributed by atoms with Crippen molar-refractivity contribution in [2.75, 3.05) is 20.8 Å². The van der Waals surface area contributed by atoms with E-state index in [0.717, 1.165) is 37.0 Å². The van der Waals surface area contributed by atoms with Crippen molar-refractivity contribution >= 4 is 23.5 Å². The van der Waals surface area contributed by atoms with Crippen LogP contribution in [-0.4, -0.2) is 54.4 Å². The molecule has 2 heterocycles. The number of ketones is 1. The summed E-state index contributed by atoms with van der Waals surface area (Å²) in [7, 11) is 3.17. The average molecular weight is 792 g/mol. The molecule has 12 heteroatoms. The Morgan fingerprint density at radius 1 is 0.964 bits per heavy atom. The maximum Gasteiger partial charge on any atom is 0.416 e. The van der Waals surface area contributed by atoms with E-state index >= 15 is 4.79 Å². The van der Waals surface area contributed by atoms with E-state index in [2.05, 4.69) is 32.1 Å². The Labute approximate surface area is 328 Å². The van der Waals surface area contributed by atoms with Gasteiger partial charge in [0.1, 0.15) is 22.9 Å². The second kappa shape index (κ2) is 12.4. The van der Waals surface area contributed by atoms with Crippen LogP contribution in [0.4, 0.5) is 18.0 Å². The highest BCUT2D eigenvalue weighted by atomic mass is 35.5. The van der Waals surface area contributed by atoms with Crippen molar-refractivity contribution in [2.24, 2.45) is 33.5 Å². The van der Waals surface area contributed by atoms with Gasteiger partial charge >= 0.3 is 12.3 Å². The largest absolute Gasteiger partial charge is 0.497 e. The molecule has 1 amide bonds. The third kappa shape index (κ3) is 5.01. The van der Waals surface area contributed by atoms with Crippen LogP contribution in [0.2, 0.25) is 5.02 Å². The van der Waals surface area contributed by atoms with Crippen LogP contribution in [0.5, 0.6) is 11.5 Å². The lowest BCUT2D eigenvalue weighted by atomic mass is 9.32. The molecule has 8 nitrogen and oxygen atoms in total. The maximum atomic E-state index is 15.1. The normalized spacial score (nSPS) is 35.5. The molecule has 2 bridgehead atoms. The SMILES string of the molecule is COc1ccc(CN2CC3(CCC4C56C=CC7(C=C5C(=O)c5ccc(-c8cc(C(F)(F)F)ccc8Cl)o5)CC(O)CCC7(C)C6CCC43C)OC2=O)c(OC)c1. The number of furan rings is 1. The summed E-state index contributed by atoms with van der Waals surface area (Å²) in [6, 6.07) is 11.6. The molecule has 0 radical (unpaired) electrons. The van der Waals surface area contributed by atoms with Crippen LogP contribution in [0, 0.1) is 33.5 Å². The van der Waals surface area contributed by atoms with Gasteiger partial charge in [-0.25, -0.2) is 4.79 Å². The number of nitrogens with zero attached hydrogens (tertiary/aromatic N) is 1. The van der Waals surface area contributed by atoms with Gasteiger partial charge in [-0.05, 0) is 105 Å². The molecule has 8 unspecified atom stereocenters. The minimum Gasteiger partial charge on any atom is -0.497 e. The van der Waals surface area contributed by atoms with Crippen molar-refractivity contribution in [3.05, 3.63) is 94.2 Å². The van der Waals surface area contributed by atoms with Crippen molar-refractivity contribution in [3.63, 3.8) is 0 Å². The number of allylic oxidation sites excluding steroid dienone is 4. The van der Waals surface area contributed by atoms with Gasteiger partial charge < -0.3 is 23.7 Å². The fourth-order valence-corrected chi connectivity index (χ4v) is 12.5. The molecule has 296 valence electrons. The lowest BCUT2D eigenvalue weighted by Gasteiger charge is -2.71. The van der Waals surface area contributed by atoms with Gasteiger partial charge in [0, 0.05) is 39.0 Å². The van der Waals surface area contributed by atoms with E-state index in [-0.39, 0.29) is 51.2 Å². The number of benzene rings is 2. The Kier molecular flexibility index (Phi) is 8.27. The highest BCUT2D eigenvalue weighted by Gasteiger charge is 2.76. The number of carbonyl (C=O) groups excluding carboxylic acids is 2. The second-order valence-electron chi connectivity index (χ2n) is 17.4. The number of aliphatic hydroxyl groups is 1. The predicted octanol–water partition coefficient (Wildman–Crippen LogP) is 10.1. The topological polar surface area (TPSA) is 98.4 Å². The zero-order valence-electron chi connectivity index (χ0n) is 31.8. The summed E-state index contributed by atoms with van der Waals surface area (Å²) in [6.07, 6.45) is 5.91. The summed E-state index contributed by atoms with van der Waals surface area (Å²) < 4.78 is 64.7. The minimum atomic E-state index is -4.59. The van der Waals surface area contributed by atoms with Crippen LogP contribution in [-0.2, 0) is 17.5 Å². The number of alkyl halides is 3. The average Bonchev–Trinajstić information content (AvgIpc) is 3.86. The molecule has 8 atom stereocenters. The quantitative estimate of drug-likeness (QED) is 0.188. The molecule has 3 aromatic rings. The molecule has 3 saturated carbocycles. The van der Waals surface area contributed by atoms with Crippen LogP contribution in [0.1, 0.15) is 80.5 Å². The first-order chi connectivity index (χ1) is 26.5. The highest BCUT2D eigenvalue weighted by molar-refractivity contribution is 6.33. The first-order valence-electron chi connectivity index (χ1n) is 19.4. The van der Waals surface area contributed by atoms with Gasteiger partial charge in [0.2, 0.25) is 5.78 Å². The highest BCUT2D eigenvalue weighted by Crippen LogP contribution is 2.79. The molecule has 7 aliphatic rings. The van der Waals surface area contributed by atoms with Gasteiger partial charge in [-0.15, -0.1) is 0 Å². The monoisotopic (exact) mass is 791 g/mol. The molecule has 56 heavy (non-hydrogen) atoms. The number of aliphatic hydroxyl groups excluding tert-OH is 1. The van der Waals surface area contributed by atoms with Crippen molar-refractivity contribution < 1.29 is 46.5 Å². The van der Waals surface area contributed by atoms with Crippen LogP contribution in [0.3, 0.4) is 0 Å². The standard InChI is InChI=1S/C44H45ClF3NO7/c1-39-14-11-27(50)21-41(39)17-18-43(30(22-41)37(51)33-10-9-32(55-33)29-19-26(44(46,47)48)6-8-31(29)45)35(39)12-15-40(2)36(43)13-16-42(40)24-49(38(52)56-42)23-25-5-7-28(53-3)20-34(25)54-4/h5-10,17-20,22,27,35-36,50H,11-16,21,23-24H2,1-4H3. The predicted molar refractivity (Wildman–Crippen MR) is 201 cm³/mol. The molecule has 4 fully saturated rings. The van der Waals surface area contributed by atoms with E-state index in [0.29, 0.717) is 55.8 Å². The van der Waals surface area contributed by atoms with Gasteiger partial charge in [0.15, 0.2) is 5.76 Å². The van der Waals surface area contributed by atoms with E-state index in [1.54, 1.807) is 25.2 Å². The molecule has 1 aliphatic heterocycles. The molecule has 2 aromatic carbocycles. The van der Waals surface area contributed by atoms with Crippen LogP contribution < -0.4 is 9.47 Å². The molecule has 1 aromatic heterocycles. The van der Waals surface area contributed by atoms with Gasteiger partial charge in [0.25, 0.3) is 0 Å². The summed E-state index contributed by atoms with van der Waals surface area (Å²) in [5, 5.41) is 11.1. The van der Waals surface area contributed by atoms with Crippen molar-refractivity contribution in [1.29, 1.82) is 0 Å². The molecule has 1 N–H and O–H groups in total. The van der Waals surface area contributed by atoms with Gasteiger partial charge in [0.05, 0.1) is 44.0 Å². The Balaban J connectivity index is 1.10. The van der Waals surface area contributed by atoms with Crippen molar-refractivity contribution in [2.45, 2.75) is 83.2 Å². The molecule has 10 rings (SSSR count). The molecular formula is C44H45ClF3NO7. The number of rotatable bonds is 7. The van der Waals surface area contributed by atoms with Crippen molar-refractivity contribution in [3.8, 4) is 22.8 Å². The fourth-order valence-electron chi connectivity index (χ4n) is 12.3. The van der Waals surface area contributed by atoms with Crippen LogP contribution in [0.25, 0.3) is 11.3 Å². The van der Waals surface area contributed by atoms with Crippen LogP contribution in [0.15, 0.2) is 76.7 Å². The van der Waals surface area contributed by atoms with Gasteiger partial charge in [-0.1, -0.05) is 43.7 Å². The smallest absolute Gasteiger partial charge is 0.416 e. The number of amides is 1. The van der Waals surface area contributed by atoms with E-state index in [4.69, 9.17) is 30.2 Å². The Morgan fingerprint density at radius 2 is 1.71 bits per heavy atom. The van der Waals surface area contributed by atoms with E-state index in [9.17, 15) is 23.1 Å². The maximum absolute atomic E-state index is 15.1. The first kappa shape index (κ1) is 37.4. The lowest BCUT2D eigenvalue weighted by molar-refractivity contribution is -0.164. The van der Waals surface area contributed by atoms with Gasteiger partial charge in [-0.3, -0.25) is 9.69 Å². The Bertz CT molecular complexity index is 2210. The number of carbonyl (C=O) groups is 2. The number of fused-ring (bicyclic) bond motifs is 2. The second-order valence-corrected chi connectivity index (χ2v) is 17.8. The molecule has 6 aliphatic carbocycles. The van der Waals surface area contributed by atoms with Gasteiger partial charge in [-0.2, -0.15) is 13.2 Å². The minimum absolute atomic E-state index is 0.00941. The number of methoxy groups -OCH3 is 2. The zero-order valence-corrected chi connectivity index (χ0v) is 32.6. The fraction of sp³-hybridized carbons (Fsp3) is 0.500. The first-order valence-corrected chi connectivity index (χ1v) is 19.7. The zero-order chi connectivity index (χ0) is 39.6. The number of ether oxygens (including phenoxy) is 3. The number of halogens is 4. The molecule has 3 spiro atoms. The summed E-state index contributed by atoms with van der Waals surface area (Å²) in [5.41, 5.74) is -2.29. The molecule has 1 saturated heterocycles. The molecular weight excluding hydrogens is 747 g/mol. The van der Waals surface area contributed by atoms with Crippen molar-refractivity contribution in [1.82, 2.24) is 4.90 Å². The number of hydrogen-bond donors (Lipinski definition) is 1.